The fourth-order valence-corrected chi connectivity index (χ4v) is 2.47. The van der Waals surface area contributed by atoms with E-state index in [9.17, 15) is 18.0 Å². The summed E-state index contributed by atoms with van der Waals surface area (Å²) in [6.45, 7) is 3.78. The highest BCUT2D eigenvalue weighted by Crippen LogP contribution is 2.36. The van der Waals surface area contributed by atoms with Gasteiger partial charge in [0.25, 0.3) is 0 Å². The zero-order valence-electron chi connectivity index (χ0n) is 12.1. The summed E-state index contributed by atoms with van der Waals surface area (Å²) in [6.07, 6.45) is -1.65. The van der Waals surface area contributed by atoms with Crippen molar-refractivity contribution in [1.82, 2.24) is 0 Å². The Hall–Kier alpha value is -1.17. The van der Waals surface area contributed by atoms with Crippen LogP contribution in [0.3, 0.4) is 0 Å². The Labute approximate surface area is 128 Å². The third-order valence-electron chi connectivity index (χ3n) is 3.32. The van der Waals surface area contributed by atoms with Gasteiger partial charge in [-0.2, -0.15) is 13.2 Å². The molecule has 21 heavy (non-hydrogen) atoms. The Bertz CT molecular complexity index is 498. The average Bonchev–Trinajstić information content (AvgIpc) is 2.43. The standard InChI is InChI=1S/C15H19F3O2S/c1-3-5-7-11-10(6-4-2)12(14(19)20-21)8-9-13(11)15(16,17)18/h8-9,21H,3-7H2,1-2H3. The number of rotatable bonds is 6. The summed E-state index contributed by atoms with van der Waals surface area (Å²) >= 11 is 3.46. The largest absolute Gasteiger partial charge is 0.416 e. The molecule has 0 aliphatic rings. The van der Waals surface area contributed by atoms with Crippen molar-refractivity contribution in [3.8, 4) is 0 Å². The van der Waals surface area contributed by atoms with Gasteiger partial charge in [-0.1, -0.05) is 26.7 Å². The number of carbonyl (C=O) groups is 1. The minimum absolute atomic E-state index is 0.172. The maximum absolute atomic E-state index is 13.2. The molecule has 0 fully saturated rings. The maximum Gasteiger partial charge on any atom is 0.416 e. The van der Waals surface area contributed by atoms with Crippen LogP contribution in [-0.2, 0) is 23.2 Å². The van der Waals surface area contributed by atoms with Crippen LogP contribution in [0.15, 0.2) is 12.1 Å². The molecule has 1 aromatic carbocycles. The van der Waals surface area contributed by atoms with Crippen molar-refractivity contribution in [2.75, 3.05) is 0 Å². The molecule has 1 rings (SSSR count). The minimum atomic E-state index is -4.42. The number of alkyl halides is 3. The molecule has 0 radical (unpaired) electrons. The first-order chi connectivity index (χ1) is 9.86. The molecule has 0 aromatic heterocycles. The van der Waals surface area contributed by atoms with Crippen LogP contribution in [0.4, 0.5) is 13.2 Å². The summed E-state index contributed by atoms with van der Waals surface area (Å²) in [5.74, 6) is -0.715. The summed E-state index contributed by atoms with van der Waals surface area (Å²) in [5.41, 5.74) is 0.156. The summed E-state index contributed by atoms with van der Waals surface area (Å²) in [7, 11) is 0. The molecule has 6 heteroatoms. The number of hydrogen-bond donors (Lipinski definition) is 1. The highest BCUT2D eigenvalue weighted by Gasteiger charge is 2.35. The fraction of sp³-hybridized carbons (Fsp3) is 0.533. The number of carbonyl (C=O) groups excluding carboxylic acids is 1. The topological polar surface area (TPSA) is 26.3 Å². The van der Waals surface area contributed by atoms with Gasteiger partial charge in [0, 0.05) is 12.9 Å². The highest BCUT2D eigenvalue weighted by atomic mass is 32.1. The van der Waals surface area contributed by atoms with Gasteiger partial charge in [0.15, 0.2) is 0 Å². The molecule has 0 spiro atoms. The van der Waals surface area contributed by atoms with E-state index in [1.807, 2.05) is 13.8 Å². The van der Waals surface area contributed by atoms with Crippen LogP contribution in [0.25, 0.3) is 0 Å². The normalized spacial score (nSPS) is 11.5. The minimum Gasteiger partial charge on any atom is -0.391 e. The van der Waals surface area contributed by atoms with Gasteiger partial charge in [0.05, 0.1) is 11.1 Å². The van der Waals surface area contributed by atoms with Gasteiger partial charge in [0.1, 0.15) is 0 Å². The summed E-state index contributed by atoms with van der Waals surface area (Å²) < 4.78 is 43.9. The van der Waals surface area contributed by atoms with Gasteiger partial charge < -0.3 is 4.18 Å². The van der Waals surface area contributed by atoms with Crippen molar-refractivity contribution < 1.29 is 22.1 Å². The lowest BCUT2D eigenvalue weighted by molar-refractivity contribution is -0.138. The SMILES string of the molecule is CCCCc1c(C(F)(F)F)ccc(C(=O)OS)c1CCC. The predicted molar refractivity (Wildman–Crippen MR) is 78.5 cm³/mol. The monoisotopic (exact) mass is 320 g/mol. The highest BCUT2D eigenvalue weighted by molar-refractivity contribution is 7.75. The molecule has 118 valence electrons. The van der Waals surface area contributed by atoms with E-state index >= 15 is 0 Å². The third kappa shape index (κ3) is 4.40. The smallest absolute Gasteiger partial charge is 0.391 e. The van der Waals surface area contributed by atoms with E-state index in [2.05, 4.69) is 17.1 Å². The van der Waals surface area contributed by atoms with Crippen LogP contribution in [0.1, 0.15) is 60.2 Å². The zero-order valence-corrected chi connectivity index (χ0v) is 13.0. The maximum atomic E-state index is 13.2. The van der Waals surface area contributed by atoms with Crippen molar-refractivity contribution in [3.63, 3.8) is 0 Å². The van der Waals surface area contributed by atoms with E-state index in [0.29, 0.717) is 31.2 Å². The van der Waals surface area contributed by atoms with Gasteiger partial charge in [-0.15, -0.1) is 0 Å². The van der Waals surface area contributed by atoms with Crippen LogP contribution in [0.5, 0.6) is 0 Å². The quantitative estimate of drug-likeness (QED) is 0.589. The van der Waals surface area contributed by atoms with Crippen LogP contribution >= 0.6 is 12.9 Å². The first kappa shape index (κ1) is 17.9. The van der Waals surface area contributed by atoms with Crippen molar-refractivity contribution in [2.45, 2.75) is 52.1 Å². The molecule has 0 saturated carbocycles. The molecule has 0 saturated heterocycles. The molecular weight excluding hydrogens is 301 g/mol. The fourth-order valence-electron chi connectivity index (χ4n) is 2.37. The number of unbranched alkanes of at least 4 members (excludes halogenated alkanes) is 1. The molecule has 0 aliphatic carbocycles. The third-order valence-corrected chi connectivity index (χ3v) is 3.49. The second kappa shape index (κ2) is 7.73. The van der Waals surface area contributed by atoms with E-state index in [1.54, 1.807) is 0 Å². The van der Waals surface area contributed by atoms with Crippen molar-refractivity contribution in [3.05, 3.63) is 34.4 Å². The van der Waals surface area contributed by atoms with E-state index in [1.165, 1.54) is 6.07 Å². The Morgan fingerprint density at radius 3 is 2.29 bits per heavy atom. The first-order valence-corrected chi connectivity index (χ1v) is 7.30. The Kier molecular flexibility index (Phi) is 6.58. The van der Waals surface area contributed by atoms with Gasteiger partial charge in [-0.25, -0.2) is 4.79 Å². The van der Waals surface area contributed by atoms with E-state index in [4.69, 9.17) is 0 Å². The van der Waals surface area contributed by atoms with Gasteiger partial charge in [-0.05, 0) is 42.5 Å². The second-order valence-electron chi connectivity index (χ2n) is 4.85. The lowest BCUT2D eigenvalue weighted by atomic mass is 9.89. The number of benzene rings is 1. The first-order valence-electron chi connectivity index (χ1n) is 6.94. The van der Waals surface area contributed by atoms with Crippen molar-refractivity contribution in [1.29, 1.82) is 0 Å². The van der Waals surface area contributed by atoms with Crippen LogP contribution in [-0.4, -0.2) is 5.97 Å². The zero-order chi connectivity index (χ0) is 16.0. The molecule has 0 N–H and O–H groups in total. The van der Waals surface area contributed by atoms with Gasteiger partial charge >= 0.3 is 12.1 Å². The molecule has 0 atom stereocenters. The van der Waals surface area contributed by atoms with Crippen LogP contribution in [0, 0.1) is 0 Å². The van der Waals surface area contributed by atoms with Gasteiger partial charge in [0.2, 0.25) is 0 Å². The van der Waals surface area contributed by atoms with E-state index in [0.717, 1.165) is 12.5 Å². The summed E-state index contributed by atoms with van der Waals surface area (Å²) in [5, 5.41) is 0. The Morgan fingerprint density at radius 1 is 1.14 bits per heavy atom. The lowest BCUT2D eigenvalue weighted by Gasteiger charge is -2.19. The molecular formula is C15H19F3O2S. The molecule has 0 heterocycles. The number of halogens is 3. The van der Waals surface area contributed by atoms with Crippen LogP contribution in [0.2, 0.25) is 0 Å². The van der Waals surface area contributed by atoms with E-state index < -0.39 is 17.7 Å². The van der Waals surface area contributed by atoms with Crippen LogP contribution < -0.4 is 0 Å². The van der Waals surface area contributed by atoms with Crippen molar-refractivity contribution in [2.24, 2.45) is 0 Å². The molecule has 0 amide bonds. The van der Waals surface area contributed by atoms with Gasteiger partial charge in [-0.3, -0.25) is 0 Å². The molecule has 1 aromatic rings. The number of hydrogen-bond acceptors (Lipinski definition) is 3. The lowest BCUT2D eigenvalue weighted by Crippen LogP contribution is -2.15. The number of thiol groups is 1. The average molecular weight is 320 g/mol. The van der Waals surface area contributed by atoms with E-state index in [-0.39, 0.29) is 11.1 Å². The Balaban J connectivity index is 3.49. The molecule has 2 nitrogen and oxygen atoms in total. The Morgan fingerprint density at radius 2 is 1.81 bits per heavy atom. The molecule has 0 aliphatic heterocycles. The second-order valence-corrected chi connectivity index (χ2v) is 5.03. The van der Waals surface area contributed by atoms with Crippen molar-refractivity contribution >= 4 is 18.9 Å². The summed E-state index contributed by atoms with van der Waals surface area (Å²) in [6, 6.07) is 2.14. The summed E-state index contributed by atoms with van der Waals surface area (Å²) in [4.78, 5) is 11.7. The molecule has 0 bridgehead atoms. The molecule has 0 unspecified atom stereocenters. The predicted octanol–water partition coefficient (Wildman–Crippen LogP) is 5.00.